The van der Waals surface area contributed by atoms with Crippen molar-refractivity contribution in [2.24, 2.45) is 0 Å². The van der Waals surface area contributed by atoms with Crippen LogP contribution in [0.5, 0.6) is 5.75 Å². The summed E-state index contributed by atoms with van der Waals surface area (Å²) in [6.45, 7) is 4.54. The van der Waals surface area contributed by atoms with Crippen molar-refractivity contribution >= 4 is 0 Å². The quantitative estimate of drug-likeness (QED) is 0.749. The van der Waals surface area contributed by atoms with Gasteiger partial charge in [-0.15, -0.1) is 0 Å². The molecule has 0 amide bonds. The molecule has 4 heteroatoms. The van der Waals surface area contributed by atoms with Gasteiger partial charge in [0.1, 0.15) is 11.8 Å². The van der Waals surface area contributed by atoms with Crippen molar-refractivity contribution in [3.05, 3.63) is 29.8 Å². The van der Waals surface area contributed by atoms with Gasteiger partial charge in [-0.25, -0.2) is 0 Å². The highest BCUT2D eigenvalue weighted by Gasteiger charge is 2.11. The highest BCUT2D eigenvalue weighted by molar-refractivity contribution is 5.30. The van der Waals surface area contributed by atoms with Crippen molar-refractivity contribution in [1.82, 2.24) is 10.2 Å². The maximum atomic E-state index is 9.25. The predicted octanol–water partition coefficient (Wildman–Crippen LogP) is 2.42. The van der Waals surface area contributed by atoms with Crippen LogP contribution >= 0.6 is 0 Å². The van der Waals surface area contributed by atoms with Crippen LogP contribution in [0.3, 0.4) is 0 Å². The van der Waals surface area contributed by atoms with Crippen molar-refractivity contribution in [3.8, 4) is 11.8 Å². The van der Waals surface area contributed by atoms with E-state index >= 15 is 0 Å². The molecule has 0 spiro atoms. The number of nitrogens with zero attached hydrogens (tertiary/aromatic N) is 2. The van der Waals surface area contributed by atoms with E-state index in [9.17, 15) is 10.4 Å². The van der Waals surface area contributed by atoms with Gasteiger partial charge >= 0.3 is 0 Å². The van der Waals surface area contributed by atoms with Crippen LogP contribution in [0.4, 0.5) is 0 Å². The SMILES string of the molecule is N#CC(NCCCCN1CCCC1)c1ccc(O)cc1. The van der Waals surface area contributed by atoms with Gasteiger partial charge in [0.25, 0.3) is 0 Å². The van der Waals surface area contributed by atoms with Gasteiger partial charge in [-0.3, -0.25) is 5.32 Å². The summed E-state index contributed by atoms with van der Waals surface area (Å²) in [6, 6.07) is 8.80. The molecular formula is C16H23N3O. The van der Waals surface area contributed by atoms with Crippen molar-refractivity contribution in [1.29, 1.82) is 5.26 Å². The fourth-order valence-corrected chi connectivity index (χ4v) is 2.62. The number of unbranched alkanes of at least 4 members (excludes halogenated alkanes) is 1. The summed E-state index contributed by atoms with van der Waals surface area (Å²) in [5, 5.41) is 21.7. The molecule has 0 aromatic heterocycles. The molecular weight excluding hydrogens is 250 g/mol. The molecule has 108 valence electrons. The van der Waals surface area contributed by atoms with E-state index in [0.29, 0.717) is 0 Å². The van der Waals surface area contributed by atoms with Crippen LogP contribution in [0.2, 0.25) is 0 Å². The van der Waals surface area contributed by atoms with Gasteiger partial charge in [0.2, 0.25) is 0 Å². The number of phenolic OH excluding ortho intramolecular Hbond substituents is 1. The number of likely N-dealkylation sites (tertiary alicyclic amines) is 1. The number of rotatable bonds is 7. The third-order valence-electron chi connectivity index (χ3n) is 3.80. The maximum absolute atomic E-state index is 9.25. The number of benzene rings is 1. The summed E-state index contributed by atoms with van der Waals surface area (Å²) in [4.78, 5) is 2.52. The zero-order valence-corrected chi connectivity index (χ0v) is 11.9. The Morgan fingerprint density at radius 2 is 1.90 bits per heavy atom. The van der Waals surface area contributed by atoms with Crippen LogP contribution in [-0.2, 0) is 0 Å². The maximum Gasteiger partial charge on any atom is 0.121 e. The molecule has 2 N–H and O–H groups in total. The smallest absolute Gasteiger partial charge is 0.121 e. The first-order valence-electron chi connectivity index (χ1n) is 7.44. The lowest BCUT2D eigenvalue weighted by Gasteiger charge is -2.15. The lowest BCUT2D eigenvalue weighted by atomic mass is 10.1. The van der Waals surface area contributed by atoms with Gasteiger partial charge in [-0.1, -0.05) is 12.1 Å². The first-order chi connectivity index (χ1) is 9.79. The second kappa shape index (κ2) is 7.88. The van der Waals surface area contributed by atoms with E-state index < -0.39 is 0 Å². The molecule has 2 rings (SSSR count). The van der Waals surface area contributed by atoms with Crippen LogP contribution < -0.4 is 5.32 Å². The van der Waals surface area contributed by atoms with Crippen LogP contribution in [0.1, 0.15) is 37.3 Å². The molecule has 20 heavy (non-hydrogen) atoms. The Morgan fingerprint density at radius 1 is 1.20 bits per heavy atom. The monoisotopic (exact) mass is 273 g/mol. The van der Waals surface area contributed by atoms with Crippen molar-refractivity contribution in [3.63, 3.8) is 0 Å². The molecule has 1 aliphatic rings. The average molecular weight is 273 g/mol. The Kier molecular flexibility index (Phi) is 5.85. The summed E-state index contributed by atoms with van der Waals surface area (Å²) in [6.07, 6.45) is 4.96. The van der Waals surface area contributed by atoms with Gasteiger partial charge in [-0.2, -0.15) is 5.26 Å². The predicted molar refractivity (Wildman–Crippen MR) is 79.4 cm³/mol. The third kappa shape index (κ3) is 4.52. The Morgan fingerprint density at radius 3 is 2.55 bits per heavy atom. The molecule has 1 heterocycles. The Bertz CT molecular complexity index is 432. The highest BCUT2D eigenvalue weighted by Crippen LogP contribution is 2.16. The van der Waals surface area contributed by atoms with E-state index in [0.717, 1.165) is 18.5 Å². The van der Waals surface area contributed by atoms with Crippen molar-refractivity contribution in [2.45, 2.75) is 31.7 Å². The van der Waals surface area contributed by atoms with Gasteiger partial charge in [0.15, 0.2) is 0 Å². The first-order valence-corrected chi connectivity index (χ1v) is 7.44. The van der Waals surface area contributed by atoms with Crippen LogP contribution in [0.25, 0.3) is 0 Å². The third-order valence-corrected chi connectivity index (χ3v) is 3.80. The molecule has 0 saturated carbocycles. The molecule has 1 unspecified atom stereocenters. The summed E-state index contributed by atoms with van der Waals surface area (Å²) in [5.41, 5.74) is 0.907. The van der Waals surface area contributed by atoms with Crippen LogP contribution in [-0.4, -0.2) is 36.2 Å². The number of nitriles is 1. The van der Waals surface area contributed by atoms with E-state index in [-0.39, 0.29) is 11.8 Å². The molecule has 4 nitrogen and oxygen atoms in total. The minimum absolute atomic E-state index is 0.232. The van der Waals surface area contributed by atoms with Gasteiger partial charge in [0.05, 0.1) is 6.07 Å². The Labute approximate surface area is 121 Å². The number of phenols is 1. The molecule has 1 saturated heterocycles. The summed E-state index contributed by atoms with van der Waals surface area (Å²) in [7, 11) is 0. The minimum atomic E-state index is -0.289. The van der Waals surface area contributed by atoms with Crippen molar-refractivity contribution in [2.75, 3.05) is 26.2 Å². The number of aromatic hydroxyl groups is 1. The standard InChI is InChI=1S/C16H23N3O/c17-13-16(14-5-7-15(20)8-6-14)18-9-1-2-10-19-11-3-4-12-19/h5-8,16,18,20H,1-4,9-12H2. The Balaban J connectivity index is 1.66. The fraction of sp³-hybridized carbons (Fsp3) is 0.562. The zero-order valence-electron chi connectivity index (χ0n) is 11.9. The molecule has 1 aliphatic heterocycles. The molecule has 0 aliphatic carbocycles. The summed E-state index contributed by atoms with van der Waals surface area (Å²) in [5.74, 6) is 0.232. The topological polar surface area (TPSA) is 59.3 Å². The second-order valence-corrected chi connectivity index (χ2v) is 5.36. The van der Waals surface area contributed by atoms with E-state index in [1.165, 1.54) is 38.9 Å². The first kappa shape index (κ1) is 14.8. The lowest BCUT2D eigenvalue weighted by Crippen LogP contribution is -2.24. The Hall–Kier alpha value is -1.57. The fourth-order valence-electron chi connectivity index (χ4n) is 2.62. The normalized spacial score (nSPS) is 16.9. The molecule has 1 fully saturated rings. The molecule has 1 atom stereocenters. The number of hydrogen-bond acceptors (Lipinski definition) is 4. The van der Waals surface area contributed by atoms with E-state index in [4.69, 9.17) is 0 Å². The zero-order chi connectivity index (χ0) is 14.2. The highest BCUT2D eigenvalue weighted by atomic mass is 16.3. The molecule has 0 radical (unpaired) electrons. The molecule has 1 aromatic rings. The van der Waals surface area contributed by atoms with E-state index in [1.807, 2.05) is 0 Å². The van der Waals surface area contributed by atoms with Crippen LogP contribution in [0.15, 0.2) is 24.3 Å². The molecule has 1 aromatic carbocycles. The lowest BCUT2D eigenvalue weighted by molar-refractivity contribution is 0.328. The largest absolute Gasteiger partial charge is 0.508 e. The second-order valence-electron chi connectivity index (χ2n) is 5.36. The van der Waals surface area contributed by atoms with Crippen molar-refractivity contribution < 1.29 is 5.11 Å². The average Bonchev–Trinajstić information content (AvgIpc) is 2.97. The van der Waals surface area contributed by atoms with Gasteiger partial charge in [0, 0.05) is 0 Å². The summed E-state index contributed by atoms with van der Waals surface area (Å²) >= 11 is 0. The number of nitrogens with one attached hydrogen (secondary N) is 1. The summed E-state index contributed by atoms with van der Waals surface area (Å²) < 4.78 is 0. The van der Waals surface area contributed by atoms with Gasteiger partial charge < -0.3 is 10.0 Å². The van der Waals surface area contributed by atoms with Gasteiger partial charge in [-0.05, 0) is 69.6 Å². The molecule has 0 bridgehead atoms. The minimum Gasteiger partial charge on any atom is -0.508 e. The van der Waals surface area contributed by atoms with E-state index in [2.05, 4.69) is 16.3 Å². The van der Waals surface area contributed by atoms with E-state index in [1.54, 1.807) is 24.3 Å². The van der Waals surface area contributed by atoms with Crippen LogP contribution in [0, 0.1) is 11.3 Å². The number of hydrogen-bond donors (Lipinski definition) is 2.